The Balaban J connectivity index is 1.32. The molecule has 3 aromatic rings. The van der Waals surface area contributed by atoms with E-state index >= 15 is 0 Å². The molecule has 1 aliphatic heterocycles. The fourth-order valence-corrected chi connectivity index (χ4v) is 3.01. The predicted octanol–water partition coefficient (Wildman–Crippen LogP) is 1.74. The third kappa shape index (κ3) is 3.46. The van der Waals surface area contributed by atoms with Gasteiger partial charge in [-0.15, -0.1) is 5.10 Å². The fourth-order valence-electron chi connectivity index (χ4n) is 3.01. The lowest BCUT2D eigenvalue weighted by molar-refractivity contribution is -0.138. The number of carbonyl (C=O) groups is 2. The van der Waals surface area contributed by atoms with Crippen LogP contribution in [-0.2, 0) is 4.79 Å². The van der Waals surface area contributed by atoms with Gasteiger partial charge in [-0.1, -0.05) is 35.5 Å². The maximum atomic E-state index is 12.5. The summed E-state index contributed by atoms with van der Waals surface area (Å²) in [5.74, 6) is -0.447. The highest BCUT2D eigenvalue weighted by atomic mass is 16.3. The van der Waals surface area contributed by atoms with Gasteiger partial charge < -0.3 is 14.6 Å². The molecule has 8 heteroatoms. The number of likely N-dealkylation sites (tertiary alicyclic amines) is 1. The van der Waals surface area contributed by atoms with Gasteiger partial charge in [0.15, 0.2) is 0 Å². The molecule has 1 saturated heterocycles. The summed E-state index contributed by atoms with van der Waals surface area (Å²) < 4.78 is 6.68. The summed E-state index contributed by atoms with van der Waals surface area (Å²) in [5.41, 5.74) is 2.21. The summed E-state index contributed by atoms with van der Waals surface area (Å²) in [6.45, 7) is 2.77. The van der Waals surface area contributed by atoms with E-state index in [1.165, 1.54) is 12.5 Å². The van der Waals surface area contributed by atoms with Gasteiger partial charge in [-0.25, -0.2) is 4.68 Å². The Morgan fingerprint density at radius 2 is 2.00 bits per heavy atom. The number of furan rings is 1. The number of nitrogens with one attached hydrogen (secondary N) is 1. The molecule has 138 valence electrons. The minimum absolute atomic E-state index is 0.0932. The molecule has 1 aliphatic rings. The number of hydrogen-bond donors (Lipinski definition) is 1. The number of hydrogen-bond acceptors (Lipinski definition) is 5. The minimum Gasteiger partial charge on any atom is -0.472 e. The third-order valence-corrected chi connectivity index (χ3v) is 4.63. The Morgan fingerprint density at radius 1 is 1.22 bits per heavy atom. The van der Waals surface area contributed by atoms with Crippen molar-refractivity contribution in [1.29, 1.82) is 0 Å². The molecule has 2 aromatic heterocycles. The third-order valence-electron chi connectivity index (χ3n) is 4.63. The first-order chi connectivity index (χ1) is 13.1. The summed E-state index contributed by atoms with van der Waals surface area (Å²) >= 11 is 0. The van der Waals surface area contributed by atoms with Crippen LogP contribution in [0.1, 0.15) is 23.3 Å². The van der Waals surface area contributed by atoms with Crippen molar-refractivity contribution in [2.24, 2.45) is 0 Å². The Hall–Kier alpha value is -3.42. The van der Waals surface area contributed by atoms with E-state index in [-0.39, 0.29) is 17.9 Å². The zero-order chi connectivity index (χ0) is 18.8. The van der Waals surface area contributed by atoms with Crippen LogP contribution >= 0.6 is 0 Å². The molecule has 1 aromatic carbocycles. The highest BCUT2D eigenvalue weighted by Gasteiger charge is 2.35. The molecule has 0 aliphatic carbocycles. The molecule has 8 nitrogen and oxygen atoms in total. The molecule has 4 rings (SSSR count). The van der Waals surface area contributed by atoms with Crippen LogP contribution in [0.4, 0.5) is 0 Å². The van der Waals surface area contributed by atoms with Crippen LogP contribution in [0.15, 0.2) is 59.5 Å². The lowest BCUT2D eigenvalue weighted by Gasteiger charge is -2.40. The summed E-state index contributed by atoms with van der Waals surface area (Å²) in [6, 6.07) is 10.9. The molecule has 0 spiro atoms. The SMILES string of the molecule is C[C@H](NC(=O)c1ccoc1)C(=O)N1CC(n2cc(-c3ccccc3)nn2)C1. The quantitative estimate of drug-likeness (QED) is 0.743. The fraction of sp³-hybridized carbons (Fsp3) is 0.263. The molecule has 1 atom stereocenters. The summed E-state index contributed by atoms with van der Waals surface area (Å²) in [7, 11) is 0. The van der Waals surface area contributed by atoms with Crippen molar-refractivity contribution in [3.8, 4) is 11.3 Å². The van der Waals surface area contributed by atoms with E-state index in [1.54, 1.807) is 22.6 Å². The van der Waals surface area contributed by atoms with E-state index in [0.29, 0.717) is 18.7 Å². The van der Waals surface area contributed by atoms with E-state index in [4.69, 9.17) is 4.42 Å². The average molecular weight is 365 g/mol. The number of amides is 2. The number of aromatic nitrogens is 3. The molecule has 0 unspecified atom stereocenters. The smallest absolute Gasteiger partial charge is 0.255 e. The minimum atomic E-state index is -0.607. The predicted molar refractivity (Wildman–Crippen MR) is 96.7 cm³/mol. The van der Waals surface area contributed by atoms with Crippen LogP contribution in [-0.4, -0.2) is 50.8 Å². The van der Waals surface area contributed by atoms with Crippen molar-refractivity contribution in [3.05, 3.63) is 60.7 Å². The molecule has 0 radical (unpaired) electrons. The van der Waals surface area contributed by atoms with Crippen molar-refractivity contribution < 1.29 is 14.0 Å². The van der Waals surface area contributed by atoms with Gasteiger partial charge in [-0.05, 0) is 13.0 Å². The summed E-state index contributed by atoms with van der Waals surface area (Å²) in [5, 5.41) is 11.1. The molecule has 1 N–H and O–H groups in total. The number of rotatable bonds is 5. The first-order valence-corrected chi connectivity index (χ1v) is 8.71. The van der Waals surface area contributed by atoms with Crippen molar-refractivity contribution in [1.82, 2.24) is 25.2 Å². The molecule has 1 fully saturated rings. The maximum Gasteiger partial charge on any atom is 0.255 e. The summed E-state index contributed by atoms with van der Waals surface area (Å²) in [4.78, 5) is 26.2. The van der Waals surface area contributed by atoms with Gasteiger partial charge in [0.25, 0.3) is 5.91 Å². The van der Waals surface area contributed by atoms with Gasteiger partial charge in [0, 0.05) is 18.7 Å². The van der Waals surface area contributed by atoms with Crippen LogP contribution in [0.5, 0.6) is 0 Å². The Labute approximate surface area is 155 Å². The van der Waals surface area contributed by atoms with E-state index in [2.05, 4.69) is 15.6 Å². The van der Waals surface area contributed by atoms with Crippen LogP contribution in [0.2, 0.25) is 0 Å². The maximum absolute atomic E-state index is 12.5. The normalized spacial score (nSPS) is 15.2. The number of benzene rings is 1. The van der Waals surface area contributed by atoms with Crippen LogP contribution in [0.3, 0.4) is 0 Å². The summed E-state index contributed by atoms with van der Waals surface area (Å²) in [6.07, 6.45) is 4.66. The van der Waals surface area contributed by atoms with Crippen molar-refractivity contribution in [3.63, 3.8) is 0 Å². The van der Waals surface area contributed by atoms with Crippen LogP contribution < -0.4 is 5.32 Å². The van der Waals surface area contributed by atoms with E-state index in [9.17, 15) is 9.59 Å². The molecular weight excluding hydrogens is 346 g/mol. The molecule has 27 heavy (non-hydrogen) atoms. The first-order valence-electron chi connectivity index (χ1n) is 8.71. The van der Waals surface area contributed by atoms with E-state index in [0.717, 1.165) is 11.3 Å². The standard InChI is InChI=1S/C19H19N5O3/c1-13(20-18(25)15-7-8-27-12-15)19(26)23-9-16(10-23)24-11-17(21-22-24)14-5-3-2-4-6-14/h2-8,11-13,16H,9-10H2,1H3,(H,20,25)/t13-/m0/s1. The van der Waals surface area contributed by atoms with Gasteiger partial charge in [0.1, 0.15) is 18.0 Å². The Bertz CT molecular complexity index is 929. The second kappa shape index (κ2) is 7.06. The monoisotopic (exact) mass is 365 g/mol. The highest BCUT2D eigenvalue weighted by molar-refractivity contribution is 5.97. The van der Waals surface area contributed by atoms with Crippen molar-refractivity contribution in [2.75, 3.05) is 13.1 Å². The molecular formula is C19H19N5O3. The molecule has 0 saturated carbocycles. The van der Waals surface area contributed by atoms with Crippen molar-refractivity contribution >= 4 is 11.8 Å². The zero-order valence-corrected chi connectivity index (χ0v) is 14.8. The second-order valence-corrected chi connectivity index (χ2v) is 6.55. The Kier molecular flexibility index (Phi) is 4.45. The zero-order valence-electron chi connectivity index (χ0n) is 14.8. The van der Waals surface area contributed by atoms with Crippen molar-refractivity contribution in [2.45, 2.75) is 19.0 Å². The largest absolute Gasteiger partial charge is 0.472 e. The lowest BCUT2D eigenvalue weighted by Crippen LogP contribution is -2.56. The molecule has 2 amide bonds. The van der Waals surface area contributed by atoms with Gasteiger partial charge in [-0.2, -0.15) is 0 Å². The van der Waals surface area contributed by atoms with Gasteiger partial charge in [-0.3, -0.25) is 9.59 Å². The Morgan fingerprint density at radius 3 is 2.70 bits per heavy atom. The second-order valence-electron chi connectivity index (χ2n) is 6.55. The average Bonchev–Trinajstić information content (AvgIpc) is 3.33. The topological polar surface area (TPSA) is 93.3 Å². The van der Waals surface area contributed by atoms with E-state index in [1.807, 2.05) is 36.5 Å². The molecule has 0 bridgehead atoms. The van der Waals surface area contributed by atoms with Gasteiger partial charge in [0.2, 0.25) is 5.91 Å². The van der Waals surface area contributed by atoms with Gasteiger partial charge in [0.05, 0.1) is 24.1 Å². The van der Waals surface area contributed by atoms with Gasteiger partial charge >= 0.3 is 0 Å². The lowest BCUT2D eigenvalue weighted by atomic mass is 10.1. The van der Waals surface area contributed by atoms with E-state index < -0.39 is 6.04 Å². The number of carbonyl (C=O) groups excluding carboxylic acids is 2. The highest BCUT2D eigenvalue weighted by Crippen LogP contribution is 2.23. The first kappa shape index (κ1) is 17.0. The number of nitrogens with zero attached hydrogens (tertiary/aromatic N) is 4. The molecule has 3 heterocycles. The van der Waals surface area contributed by atoms with Crippen LogP contribution in [0, 0.1) is 0 Å². The van der Waals surface area contributed by atoms with Crippen LogP contribution in [0.25, 0.3) is 11.3 Å².